The van der Waals surface area contributed by atoms with Gasteiger partial charge in [-0.05, 0) is 25.5 Å². The van der Waals surface area contributed by atoms with Gasteiger partial charge in [0.25, 0.3) is 0 Å². The summed E-state index contributed by atoms with van der Waals surface area (Å²) in [4.78, 5) is 26.9. The van der Waals surface area contributed by atoms with Gasteiger partial charge in [-0.2, -0.15) is 0 Å². The van der Waals surface area contributed by atoms with E-state index in [1.165, 1.54) is 6.20 Å². The molecule has 0 aliphatic carbocycles. The number of hydrogen-bond acceptors (Lipinski definition) is 4. The molecular weight excluding hydrogens is 260 g/mol. The second-order valence-electron chi connectivity index (χ2n) is 4.53. The van der Waals surface area contributed by atoms with Crippen molar-refractivity contribution >= 4 is 11.9 Å². The number of carbonyl (C=O) groups is 2. The van der Waals surface area contributed by atoms with Crippen LogP contribution in [0.2, 0.25) is 0 Å². The van der Waals surface area contributed by atoms with E-state index in [0.717, 1.165) is 0 Å². The highest BCUT2D eigenvalue weighted by molar-refractivity contribution is 5.98. The molecule has 1 aromatic heterocycles. The molecule has 6 heteroatoms. The average molecular weight is 274 g/mol. The zero-order valence-electron chi connectivity index (χ0n) is 11.0. The van der Waals surface area contributed by atoms with Crippen LogP contribution in [0.25, 0.3) is 0 Å². The maximum Gasteiger partial charge on any atom is 0.334 e. The topological polar surface area (TPSA) is 99.5 Å². The lowest BCUT2D eigenvalue weighted by Crippen LogP contribution is -2.31. The number of pyridine rings is 1. The number of nitrogens with zero attached hydrogens (tertiary/aromatic N) is 1. The Morgan fingerprint density at radius 1 is 1.15 bits per heavy atom. The van der Waals surface area contributed by atoms with E-state index in [1.807, 2.05) is 0 Å². The van der Waals surface area contributed by atoms with Gasteiger partial charge in [0.05, 0.1) is 17.1 Å². The van der Waals surface area contributed by atoms with E-state index in [1.54, 1.807) is 32.2 Å². The molecule has 1 aliphatic rings. The van der Waals surface area contributed by atoms with E-state index in [0.29, 0.717) is 17.0 Å². The molecule has 0 aromatic carbocycles. The van der Waals surface area contributed by atoms with E-state index in [2.05, 4.69) is 10.3 Å². The van der Waals surface area contributed by atoms with E-state index >= 15 is 0 Å². The van der Waals surface area contributed by atoms with Gasteiger partial charge >= 0.3 is 11.9 Å². The predicted molar refractivity (Wildman–Crippen MR) is 70.8 cm³/mol. The summed E-state index contributed by atoms with van der Waals surface area (Å²) in [5, 5.41) is 21.6. The van der Waals surface area contributed by atoms with Crippen molar-refractivity contribution in [2.75, 3.05) is 0 Å². The van der Waals surface area contributed by atoms with Crippen molar-refractivity contribution in [3.8, 4) is 0 Å². The molecule has 2 rings (SSSR count). The number of carboxylic acids is 2. The number of hydrogen-bond donors (Lipinski definition) is 3. The summed E-state index contributed by atoms with van der Waals surface area (Å²) in [7, 11) is 0. The maximum absolute atomic E-state index is 11.5. The Bertz CT molecular complexity index is 596. The quantitative estimate of drug-likeness (QED) is 0.772. The Hall–Kier alpha value is -2.63. The zero-order chi connectivity index (χ0) is 14.9. The second-order valence-corrected chi connectivity index (χ2v) is 4.53. The minimum Gasteiger partial charge on any atom is -0.478 e. The van der Waals surface area contributed by atoms with Crippen molar-refractivity contribution in [3.63, 3.8) is 0 Å². The molecule has 0 radical (unpaired) electrons. The van der Waals surface area contributed by atoms with Crippen LogP contribution in [0, 0.1) is 0 Å². The minimum atomic E-state index is -1.14. The highest BCUT2D eigenvalue weighted by atomic mass is 16.4. The largest absolute Gasteiger partial charge is 0.478 e. The van der Waals surface area contributed by atoms with Crippen molar-refractivity contribution in [2.45, 2.75) is 19.8 Å². The highest BCUT2D eigenvalue weighted by Gasteiger charge is 2.36. The third-order valence-corrected chi connectivity index (χ3v) is 3.24. The van der Waals surface area contributed by atoms with Crippen molar-refractivity contribution in [1.82, 2.24) is 10.3 Å². The predicted octanol–water partition coefficient (Wildman–Crippen LogP) is 1.49. The third kappa shape index (κ3) is 2.27. The average Bonchev–Trinajstić information content (AvgIpc) is 2.37. The van der Waals surface area contributed by atoms with Gasteiger partial charge in [-0.1, -0.05) is 6.07 Å². The van der Waals surface area contributed by atoms with E-state index in [-0.39, 0.29) is 11.1 Å². The lowest BCUT2D eigenvalue weighted by molar-refractivity contribution is -0.133. The molecule has 20 heavy (non-hydrogen) atoms. The Labute approximate surface area is 115 Å². The SMILES string of the molecule is CC1=C(C(=O)O)C(c2cccnc2)C(C(=O)O)=C(C)N1. The summed E-state index contributed by atoms with van der Waals surface area (Å²) in [6.45, 7) is 3.24. The number of aromatic nitrogens is 1. The number of allylic oxidation sites excluding steroid dienone is 2. The lowest BCUT2D eigenvalue weighted by Gasteiger charge is -2.28. The molecule has 0 unspecified atom stereocenters. The van der Waals surface area contributed by atoms with Gasteiger partial charge in [0, 0.05) is 23.8 Å². The molecule has 1 aromatic rings. The van der Waals surface area contributed by atoms with Crippen LogP contribution in [0.1, 0.15) is 25.3 Å². The summed E-state index contributed by atoms with van der Waals surface area (Å²) in [6, 6.07) is 3.33. The highest BCUT2D eigenvalue weighted by Crippen LogP contribution is 2.37. The van der Waals surface area contributed by atoms with Gasteiger partial charge in [0.1, 0.15) is 0 Å². The Morgan fingerprint density at radius 3 is 2.10 bits per heavy atom. The molecule has 1 aliphatic heterocycles. The van der Waals surface area contributed by atoms with Gasteiger partial charge in [-0.15, -0.1) is 0 Å². The van der Waals surface area contributed by atoms with Crippen LogP contribution in [-0.2, 0) is 9.59 Å². The van der Waals surface area contributed by atoms with Crippen molar-refractivity contribution in [2.24, 2.45) is 0 Å². The molecule has 3 N–H and O–H groups in total. The van der Waals surface area contributed by atoms with Crippen LogP contribution < -0.4 is 5.32 Å². The zero-order valence-corrected chi connectivity index (χ0v) is 11.0. The lowest BCUT2D eigenvalue weighted by atomic mass is 9.81. The fourth-order valence-electron chi connectivity index (χ4n) is 2.44. The standard InChI is InChI=1S/C14H14N2O4/c1-7-10(13(17)18)12(9-4-3-5-15-6-9)11(14(19)20)8(2)16-7/h3-6,12,16H,1-2H3,(H,17,18)(H,19,20). The Morgan fingerprint density at radius 2 is 1.70 bits per heavy atom. The van der Waals surface area contributed by atoms with Gasteiger partial charge < -0.3 is 15.5 Å². The molecule has 0 atom stereocenters. The van der Waals surface area contributed by atoms with Gasteiger partial charge in [-0.3, -0.25) is 4.98 Å². The molecule has 104 valence electrons. The first-order valence-corrected chi connectivity index (χ1v) is 5.98. The molecule has 0 amide bonds. The normalized spacial score (nSPS) is 16.1. The number of rotatable bonds is 3. The molecule has 0 spiro atoms. The molecule has 6 nitrogen and oxygen atoms in total. The molecule has 0 saturated carbocycles. The summed E-state index contributed by atoms with van der Waals surface area (Å²) >= 11 is 0. The molecule has 0 saturated heterocycles. The van der Waals surface area contributed by atoms with E-state index in [9.17, 15) is 19.8 Å². The first kappa shape index (κ1) is 13.8. The number of dihydropyridines is 1. The number of nitrogens with one attached hydrogen (secondary N) is 1. The fourth-order valence-corrected chi connectivity index (χ4v) is 2.44. The molecule has 0 bridgehead atoms. The molecular formula is C14H14N2O4. The van der Waals surface area contributed by atoms with Crippen LogP contribution >= 0.6 is 0 Å². The van der Waals surface area contributed by atoms with Crippen molar-refractivity contribution in [1.29, 1.82) is 0 Å². The monoisotopic (exact) mass is 274 g/mol. The summed E-state index contributed by atoms with van der Waals surface area (Å²) < 4.78 is 0. The fraction of sp³-hybridized carbons (Fsp3) is 0.214. The Balaban J connectivity index is 2.67. The van der Waals surface area contributed by atoms with Crippen LogP contribution in [0.5, 0.6) is 0 Å². The van der Waals surface area contributed by atoms with Crippen LogP contribution in [0.3, 0.4) is 0 Å². The summed E-state index contributed by atoms with van der Waals surface area (Å²) in [5.41, 5.74) is 1.48. The first-order chi connectivity index (χ1) is 9.43. The minimum absolute atomic E-state index is 0.0287. The molecule has 2 heterocycles. The van der Waals surface area contributed by atoms with E-state index < -0.39 is 17.9 Å². The smallest absolute Gasteiger partial charge is 0.334 e. The van der Waals surface area contributed by atoms with Crippen molar-refractivity contribution in [3.05, 3.63) is 52.6 Å². The Kier molecular flexibility index (Phi) is 3.56. The van der Waals surface area contributed by atoms with Crippen LogP contribution in [0.15, 0.2) is 47.1 Å². The number of carboxylic acid groups (broad SMARTS) is 2. The van der Waals surface area contributed by atoms with Gasteiger partial charge in [-0.25, -0.2) is 9.59 Å². The number of aliphatic carboxylic acids is 2. The maximum atomic E-state index is 11.5. The summed E-state index contributed by atoms with van der Waals surface area (Å²) in [6.07, 6.45) is 3.04. The van der Waals surface area contributed by atoms with Crippen LogP contribution in [0.4, 0.5) is 0 Å². The van der Waals surface area contributed by atoms with Gasteiger partial charge in [0.15, 0.2) is 0 Å². The van der Waals surface area contributed by atoms with Crippen LogP contribution in [-0.4, -0.2) is 27.1 Å². The molecule has 0 fully saturated rings. The van der Waals surface area contributed by atoms with E-state index in [4.69, 9.17) is 0 Å². The third-order valence-electron chi connectivity index (χ3n) is 3.24. The van der Waals surface area contributed by atoms with Gasteiger partial charge in [0.2, 0.25) is 0 Å². The van der Waals surface area contributed by atoms with Crippen molar-refractivity contribution < 1.29 is 19.8 Å². The summed E-state index contributed by atoms with van der Waals surface area (Å²) in [5.74, 6) is -3.12. The second kappa shape index (κ2) is 5.16. The first-order valence-electron chi connectivity index (χ1n) is 5.98.